The average molecular weight is 249 g/mol. The molecule has 98 valence electrons. The van der Waals surface area contributed by atoms with Gasteiger partial charge in [-0.05, 0) is 31.2 Å². The van der Waals surface area contributed by atoms with Crippen molar-refractivity contribution in [2.75, 3.05) is 5.32 Å². The Labute approximate surface area is 107 Å². The molecule has 1 saturated carbocycles. The third-order valence-electron chi connectivity index (χ3n) is 3.48. The topological polar surface area (TPSA) is 68.1 Å². The third kappa shape index (κ3) is 2.97. The fourth-order valence-electron chi connectivity index (χ4n) is 2.56. The van der Waals surface area contributed by atoms with Crippen molar-refractivity contribution >= 4 is 11.5 Å². The Kier molecular flexibility index (Phi) is 3.79. The van der Waals surface area contributed by atoms with Gasteiger partial charge in [0.1, 0.15) is 0 Å². The maximum atomic E-state index is 11.0. The van der Waals surface area contributed by atoms with Crippen molar-refractivity contribution in [2.24, 2.45) is 5.92 Å². The first kappa shape index (κ1) is 12.8. The lowest BCUT2D eigenvalue weighted by atomic mass is 9.87. The fraction of sp³-hybridized carbons (Fsp3) is 0.615. The van der Waals surface area contributed by atoms with Crippen LogP contribution in [0, 0.1) is 23.0 Å². The highest BCUT2D eigenvalue weighted by molar-refractivity contribution is 5.57. The number of rotatable bonds is 3. The van der Waals surface area contributed by atoms with Gasteiger partial charge in [0.2, 0.25) is 5.82 Å². The largest absolute Gasteiger partial charge is 0.362 e. The van der Waals surface area contributed by atoms with E-state index in [-0.39, 0.29) is 10.6 Å². The summed E-state index contributed by atoms with van der Waals surface area (Å²) in [6.45, 7) is 4.04. The first-order valence-corrected chi connectivity index (χ1v) is 6.44. The van der Waals surface area contributed by atoms with Crippen LogP contribution in [0.25, 0.3) is 0 Å². The lowest BCUT2D eigenvalue weighted by Gasteiger charge is -2.27. The summed E-state index contributed by atoms with van der Waals surface area (Å²) in [7, 11) is 0. The average Bonchev–Trinajstić information content (AvgIpc) is 2.31. The predicted octanol–water partition coefficient (Wildman–Crippen LogP) is 3.29. The Morgan fingerprint density at radius 3 is 2.94 bits per heavy atom. The number of nitrogens with one attached hydrogen (secondary N) is 1. The van der Waals surface area contributed by atoms with Gasteiger partial charge in [0, 0.05) is 18.3 Å². The van der Waals surface area contributed by atoms with Crippen LogP contribution in [-0.2, 0) is 0 Å². The van der Waals surface area contributed by atoms with Crippen molar-refractivity contribution in [1.29, 1.82) is 0 Å². The minimum absolute atomic E-state index is 0.0771. The lowest BCUT2D eigenvalue weighted by Crippen LogP contribution is -2.27. The predicted molar refractivity (Wildman–Crippen MR) is 70.7 cm³/mol. The van der Waals surface area contributed by atoms with Crippen molar-refractivity contribution < 1.29 is 4.92 Å². The monoisotopic (exact) mass is 249 g/mol. The van der Waals surface area contributed by atoms with Crippen molar-refractivity contribution in [1.82, 2.24) is 4.98 Å². The number of pyridine rings is 1. The second-order valence-corrected chi connectivity index (χ2v) is 5.25. The summed E-state index contributed by atoms with van der Waals surface area (Å²) in [5.41, 5.74) is 0.887. The summed E-state index contributed by atoms with van der Waals surface area (Å²) in [4.78, 5) is 14.8. The molecule has 0 bridgehead atoms. The van der Waals surface area contributed by atoms with Gasteiger partial charge in [-0.25, -0.2) is 4.98 Å². The van der Waals surface area contributed by atoms with E-state index in [1.807, 2.05) is 6.92 Å². The van der Waals surface area contributed by atoms with Crippen molar-refractivity contribution in [3.8, 4) is 0 Å². The zero-order chi connectivity index (χ0) is 13.1. The van der Waals surface area contributed by atoms with E-state index in [2.05, 4.69) is 17.2 Å². The number of anilines is 1. The number of nitro groups is 1. The Hall–Kier alpha value is -1.65. The normalized spacial score (nSPS) is 23.7. The van der Waals surface area contributed by atoms with Gasteiger partial charge >= 0.3 is 5.69 Å². The maximum Gasteiger partial charge on any atom is 0.311 e. The van der Waals surface area contributed by atoms with Crippen LogP contribution in [0.4, 0.5) is 11.5 Å². The van der Waals surface area contributed by atoms with E-state index in [4.69, 9.17) is 0 Å². The molecule has 1 N–H and O–H groups in total. The summed E-state index contributed by atoms with van der Waals surface area (Å²) in [6.07, 6.45) is 6.23. The standard InChI is InChI=1S/C13H19N3O2/c1-9-4-3-5-11(6-9)15-13-12(16(17)18)7-10(2)8-14-13/h7-9,11H,3-6H2,1-2H3,(H,14,15). The molecule has 0 amide bonds. The molecule has 0 saturated heterocycles. The van der Waals surface area contributed by atoms with Gasteiger partial charge in [-0.1, -0.05) is 19.8 Å². The van der Waals surface area contributed by atoms with Crippen molar-refractivity contribution in [2.45, 2.75) is 45.6 Å². The van der Waals surface area contributed by atoms with Gasteiger partial charge in [-0.2, -0.15) is 0 Å². The molecule has 2 rings (SSSR count). The number of hydrogen-bond acceptors (Lipinski definition) is 4. The van der Waals surface area contributed by atoms with E-state index < -0.39 is 0 Å². The molecule has 0 spiro atoms. The number of hydrogen-bond donors (Lipinski definition) is 1. The molecule has 5 heteroatoms. The molecule has 0 aliphatic heterocycles. The molecule has 1 aliphatic carbocycles. The number of aryl methyl sites for hydroxylation is 1. The minimum atomic E-state index is -0.366. The Morgan fingerprint density at radius 2 is 2.28 bits per heavy atom. The van der Waals surface area contributed by atoms with Crippen LogP contribution in [-0.4, -0.2) is 15.9 Å². The maximum absolute atomic E-state index is 11.0. The first-order valence-electron chi connectivity index (χ1n) is 6.44. The second kappa shape index (κ2) is 5.33. The van der Waals surface area contributed by atoms with E-state index in [0.717, 1.165) is 18.4 Å². The quantitative estimate of drug-likeness (QED) is 0.659. The Morgan fingerprint density at radius 1 is 1.50 bits per heavy atom. The summed E-state index contributed by atoms with van der Waals surface area (Å²) < 4.78 is 0. The molecular weight excluding hydrogens is 230 g/mol. The molecular formula is C13H19N3O2. The van der Waals surface area contributed by atoms with E-state index in [1.54, 1.807) is 12.3 Å². The van der Waals surface area contributed by atoms with Gasteiger partial charge in [0.25, 0.3) is 0 Å². The van der Waals surface area contributed by atoms with Crippen LogP contribution in [0.3, 0.4) is 0 Å². The summed E-state index contributed by atoms with van der Waals surface area (Å²) in [6, 6.07) is 1.88. The molecule has 2 unspecified atom stereocenters. The van der Waals surface area contributed by atoms with Crippen molar-refractivity contribution in [3.05, 3.63) is 27.9 Å². The fourth-order valence-corrected chi connectivity index (χ4v) is 2.56. The van der Waals surface area contributed by atoms with E-state index >= 15 is 0 Å². The molecule has 1 heterocycles. The Balaban J connectivity index is 2.15. The molecule has 0 aromatic carbocycles. The number of nitrogens with zero attached hydrogens (tertiary/aromatic N) is 2. The molecule has 18 heavy (non-hydrogen) atoms. The van der Waals surface area contributed by atoms with E-state index in [1.165, 1.54) is 12.8 Å². The van der Waals surface area contributed by atoms with Gasteiger partial charge in [0.05, 0.1) is 4.92 Å². The van der Waals surface area contributed by atoms with Gasteiger partial charge < -0.3 is 5.32 Å². The van der Waals surface area contributed by atoms with Crippen LogP contribution in [0.15, 0.2) is 12.3 Å². The minimum Gasteiger partial charge on any atom is -0.362 e. The van der Waals surface area contributed by atoms with Crippen molar-refractivity contribution in [3.63, 3.8) is 0 Å². The summed E-state index contributed by atoms with van der Waals surface area (Å²) in [5, 5.41) is 14.2. The molecule has 1 aliphatic rings. The van der Waals surface area contributed by atoms with E-state index in [9.17, 15) is 10.1 Å². The molecule has 2 atom stereocenters. The van der Waals surface area contributed by atoms with Gasteiger partial charge in [-0.3, -0.25) is 10.1 Å². The highest BCUT2D eigenvalue weighted by Gasteiger charge is 2.22. The molecule has 1 aromatic rings. The second-order valence-electron chi connectivity index (χ2n) is 5.25. The Bertz CT molecular complexity index is 448. The zero-order valence-electron chi connectivity index (χ0n) is 10.8. The van der Waals surface area contributed by atoms with E-state index in [0.29, 0.717) is 17.8 Å². The number of aromatic nitrogens is 1. The zero-order valence-corrected chi connectivity index (χ0v) is 10.8. The molecule has 1 aromatic heterocycles. The van der Waals surface area contributed by atoms with Crippen LogP contribution in [0.2, 0.25) is 0 Å². The van der Waals surface area contributed by atoms with Crippen LogP contribution < -0.4 is 5.32 Å². The highest BCUT2D eigenvalue weighted by Crippen LogP contribution is 2.29. The van der Waals surface area contributed by atoms with Gasteiger partial charge in [-0.15, -0.1) is 0 Å². The van der Waals surface area contributed by atoms with Crippen LogP contribution in [0.5, 0.6) is 0 Å². The van der Waals surface area contributed by atoms with Crippen LogP contribution >= 0.6 is 0 Å². The SMILES string of the molecule is Cc1cnc(NC2CCCC(C)C2)c([N+](=O)[O-])c1. The molecule has 5 nitrogen and oxygen atoms in total. The third-order valence-corrected chi connectivity index (χ3v) is 3.48. The van der Waals surface area contributed by atoms with Crippen LogP contribution in [0.1, 0.15) is 38.2 Å². The highest BCUT2D eigenvalue weighted by atomic mass is 16.6. The first-order chi connectivity index (χ1) is 8.56. The molecule has 1 fully saturated rings. The molecule has 0 radical (unpaired) electrons. The van der Waals surface area contributed by atoms with Gasteiger partial charge in [0.15, 0.2) is 0 Å². The lowest BCUT2D eigenvalue weighted by molar-refractivity contribution is -0.384. The smallest absolute Gasteiger partial charge is 0.311 e. The summed E-state index contributed by atoms with van der Waals surface area (Å²) >= 11 is 0. The summed E-state index contributed by atoms with van der Waals surface area (Å²) in [5.74, 6) is 1.09.